The molecule has 0 bridgehead atoms. The smallest absolute Gasteiger partial charge is 0.216 e. The second-order valence-corrected chi connectivity index (χ2v) is 5.43. The highest BCUT2D eigenvalue weighted by Crippen LogP contribution is 2.19. The first kappa shape index (κ1) is 15.2. The predicted octanol–water partition coefficient (Wildman–Crippen LogP) is 2.90. The summed E-state index contributed by atoms with van der Waals surface area (Å²) in [5, 5.41) is 2.77. The van der Waals surface area contributed by atoms with Crippen LogP contribution in [0.3, 0.4) is 0 Å². The van der Waals surface area contributed by atoms with Gasteiger partial charge in [-0.3, -0.25) is 4.79 Å². The fourth-order valence-corrected chi connectivity index (χ4v) is 2.64. The minimum Gasteiger partial charge on any atom is -0.356 e. The number of nitrogens with one attached hydrogen (secondary N) is 1. The highest BCUT2D eigenvalue weighted by Gasteiger charge is 2.12. The van der Waals surface area contributed by atoms with E-state index in [9.17, 15) is 9.18 Å². The fourth-order valence-electron chi connectivity index (χ4n) is 2.64. The summed E-state index contributed by atoms with van der Waals surface area (Å²) in [5.41, 5.74) is 2.46. The van der Waals surface area contributed by atoms with E-state index in [1.807, 2.05) is 34.9 Å². The molecule has 3 rings (SSSR count). The number of carbonyl (C=O) groups is 1. The number of fused-ring (bicyclic) bond motifs is 1. The van der Waals surface area contributed by atoms with Gasteiger partial charge in [0.2, 0.25) is 5.91 Å². The molecule has 5 heteroatoms. The van der Waals surface area contributed by atoms with Crippen molar-refractivity contribution in [3.63, 3.8) is 0 Å². The number of nitrogens with zero attached hydrogens (tertiary/aromatic N) is 2. The van der Waals surface area contributed by atoms with Crippen LogP contribution in [0.1, 0.15) is 18.3 Å². The molecule has 118 valence electrons. The van der Waals surface area contributed by atoms with Gasteiger partial charge in [-0.15, -0.1) is 0 Å². The Bertz CT molecular complexity index is 841. The van der Waals surface area contributed by atoms with Crippen molar-refractivity contribution in [3.05, 3.63) is 65.7 Å². The minimum atomic E-state index is -0.224. The molecule has 0 atom stereocenters. The Balaban J connectivity index is 1.95. The van der Waals surface area contributed by atoms with Crippen molar-refractivity contribution < 1.29 is 9.18 Å². The lowest BCUT2D eigenvalue weighted by molar-refractivity contribution is -0.118. The molecule has 0 radical (unpaired) electrons. The van der Waals surface area contributed by atoms with Crippen LogP contribution in [-0.4, -0.2) is 22.0 Å². The summed E-state index contributed by atoms with van der Waals surface area (Å²) in [6, 6.07) is 14.5. The molecule has 0 spiro atoms. The topological polar surface area (TPSA) is 46.9 Å². The van der Waals surface area contributed by atoms with Crippen LogP contribution in [0.25, 0.3) is 11.0 Å². The van der Waals surface area contributed by atoms with Crippen LogP contribution in [-0.2, 0) is 17.8 Å². The maximum Gasteiger partial charge on any atom is 0.216 e. The lowest BCUT2D eigenvalue weighted by Crippen LogP contribution is -2.23. The number of benzene rings is 2. The molecule has 1 amide bonds. The predicted molar refractivity (Wildman–Crippen MR) is 87.6 cm³/mol. The van der Waals surface area contributed by atoms with Crippen LogP contribution < -0.4 is 5.32 Å². The van der Waals surface area contributed by atoms with E-state index in [1.165, 1.54) is 13.0 Å². The van der Waals surface area contributed by atoms with Crippen molar-refractivity contribution in [3.8, 4) is 0 Å². The Labute approximate surface area is 134 Å². The summed E-state index contributed by atoms with van der Waals surface area (Å²) < 4.78 is 16.0. The van der Waals surface area contributed by atoms with E-state index in [1.54, 1.807) is 12.1 Å². The third-order valence-electron chi connectivity index (χ3n) is 3.74. The molecule has 0 aliphatic heterocycles. The zero-order chi connectivity index (χ0) is 16.2. The molecule has 1 aromatic heterocycles. The molecule has 0 fully saturated rings. The number of rotatable bonds is 5. The Hall–Kier alpha value is -2.69. The third kappa shape index (κ3) is 3.39. The van der Waals surface area contributed by atoms with Crippen molar-refractivity contribution in [2.24, 2.45) is 0 Å². The molecule has 3 aromatic rings. The van der Waals surface area contributed by atoms with Crippen LogP contribution in [0.2, 0.25) is 0 Å². The van der Waals surface area contributed by atoms with Crippen molar-refractivity contribution in [1.29, 1.82) is 0 Å². The molecule has 2 aromatic carbocycles. The van der Waals surface area contributed by atoms with E-state index in [0.29, 0.717) is 25.1 Å². The first-order chi connectivity index (χ1) is 11.1. The highest BCUT2D eigenvalue weighted by molar-refractivity contribution is 5.76. The average molecular weight is 311 g/mol. The maximum atomic E-state index is 14.0. The maximum absolute atomic E-state index is 14.0. The zero-order valence-electron chi connectivity index (χ0n) is 12.9. The minimum absolute atomic E-state index is 0.0678. The van der Waals surface area contributed by atoms with E-state index in [2.05, 4.69) is 10.3 Å². The van der Waals surface area contributed by atoms with Gasteiger partial charge < -0.3 is 9.88 Å². The van der Waals surface area contributed by atoms with Crippen LogP contribution >= 0.6 is 0 Å². The molecule has 1 N–H and O–H groups in total. The number of imidazole rings is 1. The monoisotopic (exact) mass is 311 g/mol. The standard InChI is InChI=1S/C18H18FN3O/c1-13(23)20-11-10-18-21-16-8-4-5-9-17(16)22(18)12-14-6-2-3-7-15(14)19/h2-9H,10-12H2,1H3,(H,20,23). The van der Waals surface area contributed by atoms with Crippen LogP contribution in [0, 0.1) is 5.82 Å². The summed E-state index contributed by atoms with van der Waals surface area (Å²) in [7, 11) is 0. The van der Waals surface area contributed by atoms with Crippen LogP contribution in [0.5, 0.6) is 0 Å². The van der Waals surface area contributed by atoms with Crippen molar-refractivity contribution >= 4 is 16.9 Å². The fraction of sp³-hybridized carbons (Fsp3) is 0.222. The number of carbonyl (C=O) groups excluding carboxylic acids is 1. The number of aromatic nitrogens is 2. The molecule has 23 heavy (non-hydrogen) atoms. The number of hydrogen-bond acceptors (Lipinski definition) is 2. The summed E-state index contributed by atoms with van der Waals surface area (Å²) in [6.07, 6.45) is 0.600. The molecule has 0 aliphatic carbocycles. The third-order valence-corrected chi connectivity index (χ3v) is 3.74. The van der Waals surface area contributed by atoms with Gasteiger partial charge in [-0.2, -0.15) is 0 Å². The molecule has 4 nitrogen and oxygen atoms in total. The lowest BCUT2D eigenvalue weighted by atomic mass is 10.2. The Morgan fingerprint density at radius 1 is 1.17 bits per heavy atom. The van der Waals surface area contributed by atoms with E-state index in [4.69, 9.17) is 0 Å². The highest BCUT2D eigenvalue weighted by atomic mass is 19.1. The van der Waals surface area contributed by atoms with Gasteiger partial charge in [0, 0.05) is 25.5 Å². The summed E-state index contributed by atoms with van der Waals surface area (Å²) in [5.74, 6) is 0.545. The summed E-state index contributed by atoms with van der Waals surface area (Å²) in [6.45, 7) is 2.42. The number of hydrogen-bond donors (Lipinski definition) is 1. The van der Waals surface area contributed by atoms with Crippen molar-refractivity contribution in [2.75, 3.05) is 6.54 Å². The van der Waals surface area contributed by atoms with Crippen molar-refractivity contribution in [1.82, 2.24) is 14.9 Å². The summed E-state index contributed by atoms with van der Waals surface area (Å²) >= 11 is 0. The van der Waals surface area contributed by atoms with Gasteiger partial charge in [0.05, 0.1) is 17.6 Å². The largest absolute Gasteiger partial charge is 0.356 e. The molecule has 1 heterocycles. The lowest BCUT2D eigenvalue weighted by Gasteiger charge is -2.10. The number of amides is 1. The van der Waals surface area contributed by atoms with Gasteiger partial charge in [-0.1, -0.05) is 30.3 Å². The van der Waals surface area contributed by atoms with E-state index < -0.39 is 0 Å². The van der Waals surface area contributed by atoms with Gasteiger partial charge in [-0.25, -0.2) is 9.37 Å². The SMILES string of the molecule is CC(=O)NCCc1nc2ccccc2n1Cc1ccccc1F. The van der Waals surface area contributed by atoms with Gasteiger partial charge >= 0.3 is 0 Å². The van der Waals surface area contributed by atoms with Gasteiger partial charge in [-0.05, 0) is 18.2 Å². The van der Waals surface area contributed by atoms with Crippen LogP contribution in [0.15, 0.2) is 48.5 Å². The molecule has 0 aliphatic rings. The normalized spacial score (nSPS) is 10.9. The van der Waals surface area contributed by atoms with Crippen LogP contribution in [0.4, 0.5) is 4.39 Å². The Morgan fingerprint density at radius 2 is 1.91 bits per heavy atom. The molecule has 0 saturated carbocycles. The summed E-state index contributed by atoms with van der Waals surface area (Å²) in [4.78, 5) is 15.7. The van der Waals surface area contributed by atoms with Gasteiger partial charge in [0.15, 0.2) is 0 Å². The van der Waals surface area contributed by atoms with E-state index >= 15 is 0 Å². The number of halogens is 1. The van der Waals surface area contributed by atoms with E-state index in [0.717, 1.165) is 16.9 Å². The Kier molecular flexibility index (Phi) is 4.37. The van der Waals surface area contributed by atoms with Crippen molar-refractivity contribution in [2.45, 2.75) is 19.9 Å². The quantitative estimate of drug-likeness (QED) is 0.787. The second kappa shape index (κ2) is 6.60. The second-order valence-electron chi connectivity index (χ2n) is 5.43. The first-order valence-corrected chi connectivity index (χ1v) is 7.57. The molecular formula is C18H18FN3O. The van der Waals surface area contributed by atoms with Gasteiger partial charge in [0.25, 0.3) is 0 Å². The first-order valence-electron chi connectivity index (χ1n) is 7.57. The van der Waals surface area contributed by atoms with Gasteiger partial charge in [0.1, 0.15) is 11.6 Å². The Morgan fingerprint density at radius 3 is 2.70 bits per heavy atom. The van der Waals surface area contributed by atoms with E-state index in [-0.39, 0.29) is 11.7 Å². The number of para-hydroxylation sites is 2. The molecular weight excluding hydrogens is 293 g/mol. The zero-order valence-corrected chi connectivity index (χ0v) is 12.9. The molecule has 0 unspecified atom stereocenters. The average Bonchev–Trinajstić information content (AvgIpc) is 2.87. The molecule has 0 saturated heterocycles.